The number of benzene rings is 1. The molecule has 0 spiro atoms. The van der Waals surface area contributed by atoms with Gasteiger partial charge in [-0.15, -0.1) is 0 Å². The zero-order valence-corrected chi connectivity index (χ0v) is 13.1. The molecule has 1 amide bonds. The van der Waals surface area contributed by atoms with Crippen molar-refractivity contribution in [3.05, 3.63) is 54.4 Å². The Hall–Kier alpha value is -2.07. The Morgan fingerprint density at radius 3 is 2.48 bits per heavy atom. The lowest BCUT2D eigenvalue weighted by Gasteiger charge is -2.32. The van der Waals surface area contributed by atoms with Crippen LogP contribution in [0.1, 0.15) is 24.2 Å². The van der Waals surface area contributed by atoms with Gasteiger partial charge in [-0.3, -0.25) is 4.79 Å². The summed E-state index contributed by atoms with van der Waals surface area (Å²) in [6.45, 7) is 4.81. The minimum Gasteiger partial charge on any atom is -0.350 e. The Bertz CT molecular complexity index is 600. The summed E-state index contributed by atoms with van der Waals surface area (Å²) in [5, 5.41) is 3.00. The van der Waals surface area contributed by atoms with Gasteiger partial charge in [0, 0.05) is 35.7 Å². The van der Waals surface area contributed by atoms with Crippen molar-refractivity contribution in [2.75, 3.05) is 20.6 Å². The highest BCUT2D eigenvalue weighted by Gasteiger charge is 2.21. The molecule has 1 N–H and O–H groups in total. The number of hydrogen-bond donors (Lipinski definition) is 1. The van der Waals surface area contributed by atoms with Gasteiger partial charge in [-0.05, 0) is 58.3 Å². The van der Waals surface area contributed by atoms with Crippen molar-refractivity contribution in [3.8, 4) is 5.69 Å². The molecule has 112 valence electrons. The minimum absolute atomic E-state index is 0.0427. The van der Waals surface area contributed by atoms with E-state index in [-0.39, 0.29) is 11.4 Å². The number of hydrogen-bond acceptors (Lipinski definition) is 2. The summed E-state index contributed by atoms with van der Waals surface area (Å²) in [4.78, 5) is 14.4. The summed E-state index contributed by atoms with van der Waals surface area (Å²) in [5.74, 6) is -0.0427. The number of nitrogens with one attached hydrogen (secondary N) is 1. The van der Waals surface area contributed by atoms with Crippen LogP contribution in [0.5, 0.6) is 0 Å². The van der Waals surface area contributed by atoms with Gasteiger partial charge in [0.05, 0.1) is 0 Å². The topological polar surface area (TPSA) is 37.3 Å². The molecule has 0 fully saturated rings. The molecule has 2 aromatic rings. The first-order valence-electron chi connectivity index (χ1n) is 7.09. The number of amides is 1. The standard InChI is InChI=1S/C17H23N3O/c1-17(2,19(3)4)13-18-16(21)14-8-7-9-15(12-14)20-10-5-6-11-20/h5-12H,13H2,1-4H3,(H,18,21). The average Bonchev–Trinajstić information content (AvgIpc) is 2.99. The first kappa shape index (κ1) is 15.3. The predicted octanol–water partition coefficient (Wildman–Crippen LogP) is 2.55. The van der Waals surface area contributed by atoms with Crippen LogP contribution in [0.25, 0.3) is 5.69 Å². The van der Waals surface area contributed by atoms with Gasteiger partial charge >= 0.3 is 0 Å². The molecule has 0 bridgehead atoms. The highest BCUT2D eigenvalue weighted by atomic mass is 16.1. The Balaban J connectivity index is 2.08. The van der Waals surface area contributed by atoms with E-state index in [2.05, 4.69) is 24.1 Å². The van der Waals surface area contributed by atoms with Crippen LogP contribution < -0.4 is 5.32 Å². The average molecular weight is 285 g/mol. The number of nitrogens with zero attached hydrogens (tertiary/aromatic N) is 2. The van der Waals surface area contributed by atoms with Gasteiger partial charge in [0.15, 0.2) is 0 Å². The van der Waals surface area contributed by atoms with E-state index in [4.69, 9.17) is 0 Å². The normalized spacial score (nSPS) is 11.7. The third-order valence-corrected chi connectivity index (χ3v) is 3.90. The predicted molar refractivity (Wildman–Crippen MR) is 85.9 cm³/mol. The quantitative estimate of drug-likeness (QED) is 0.916. The first-order valence-corrected chi connectivity index (χ1v) is 7.09. The molecule has 0 atom stereocenters. The lowest BCUT2D eigenvalue weighted by molar-refractivity contribution is 0.0919. The maximum absolute atomic E-state index is 12.3. The molecule has 1 aromatic heterocycles. The number of carbonyl (C=O) groups is 1. The Morgan fingerprint density at radius 2 is 1.86 bits per heavy atom. The maximum Gasteiger partial charge on any atom is 0.251 e. The highest BCUT2D eigenvalue weighted by Crippen LogP contribution is 2.12. The molecule has 0 radical (unpaired) electrons. The summed E-state index contributed by atoms with van der Waals surface area (Å²) < 4.78 is 1.99. The Labute approximate surface area is 126 Å². The smallest absolute Gasteiger partial charge is 0.251 e. The van der Waals surface area contributed by atoms with Gasteiger partial charge in [0.25, 0.3) is 5.91 Å². The van der Waals surface area contributed by atoms with Crippen molar-refractivity contribution in [1.82, 2.24) is 14.8 Å². The van der Waals surface area contributed by atoms with Gasteiger partial charge in [0.2, 0.25) is 0 Å². The fraction of sp³-hybridized carbons (Fsp3) is 0.353. The third-order valence-electron chi connectivity index (χ3n) is 3.90. The van der Waals surface area contributed by atoms with Crippen molar-refractivity contribution >= 4 is 5.91 Å². The van der Waals surface area contributed by atoms with E-state index in [1.165, 1.54) is 0 Å². The van der Waals surface area contributed by atoms with Crippen molar-refractivity contribution in [2.24, 2.45) is 0 Å². The summed E-state index contributed by atoms with van der Waals surface area (Å²) in [6, 6.07) is 11.6. The SMILES string of the molecule is CN(C)C(C)(C)CNC(=O)c1cccc(-n2cccc2)c1. The molecule has 0 saturated heterocycles. The molecule has 4 nitrogen and oxygen atoms in total. The second-order valence-corrected chi connectivity index (χ2v) is 6.03. The fourth-order valence-corrected chi connectivity index (χ4v) is 1.87. The van der Waals surface area contributed by atoms with Crippen LogP contribution in [-0.4, -0.2) is 41.6 Å². The van der Waals surface area contributed by atoms with Crippen LogP contribution in [0.3, 0.4) is 0 Å². The van der Waals surface area contributed by atoms with Crippen LogP contribution in [-0.2, 0) is 0 Å². The number of carbonyl (C=O) groups excluding carboxylic acids is 1. The third kappa shape index (κ3) is 3.73. The van der Waals surface area contributed by atoms with Crippen LogP contribution in [0.2, 0.25) is 0 Å². The number of rotatable bonds is 5. The molecule has 0 unspecified atom stereocenters. The van der Waals surface area contributed by atoms with E-state index in [0.29, 0.717) is 12.1 Å². The minimum atomic E-state index is -0.0757. The molecule has 2 rings (SSSR count). The Morgan fingerprint density at radius 1 is 1.19 bits per heavy atom. The first-order chi connectivity index (χ1) is 9.90. The summed E-state index contributed by atoms with van der Waals surface area (Å²) in [5.41, 5.74) is 1.59. The molecule has 1 heterocycles. The van der Waals surface area contributed by atoms with Crippen molar-refractivity contribution in [1.29, 1.82) is 0 Å². The Kier molecular flexibility index (Phi) is 4.48. The number of aromatic nitrogens is 1. The zero-order chi connectivity index (χ0) is 15.5. The highest BCUT2D eigenvalue weighted by molar-refractivity contribution is 5.94. The van der Waals surface area contributed by atoms with E-state index in [0.717, 1.165) is 5.69 Å². The lowest BCUT2D eigenvalue weighted by atomic mass is 10.0. The number of likely N-dealkylation sites (N-methyl/N-ethyl adjacent to an activating group) is 1. The van der Waals surface area contributed by atoms with Crippen LogP contribution in [0, 0.1) is 0 Å². The molecule has 21 heavy (non-hydrogen) atoms. The van der Waals surface area contributed by atoms with Gasteiger partial charge in [-0.1, -0.05) is 6.07 Å². The summed E-state index contributed by atoms with van der Waals surface area (Å²) in [6.07, 6.45) is 3.93. The van der Waals surface area contributed by atoms with E-state index in [1.54, 1.807) is 0 Å². The van der Waals surface area contributed by atoms with E-state index in [9.17, 15) is 4.79 Å². The molecule has 0 aliphatic carbocycles. The van der Waals surface area contributed by atoms with Crippen molar-refractivity contribution in [3.63, 3.8) is 0 Å². The fourth-order valence-electron chi connectivity index (χ4n) is 1.87. The van der Waals surface area contributed by atoms with Gasteiger partial charge < -0.3 is 14.8 Å². The maximum atomic E-state index is 12.3. The van der Waals surface area contributed by atoms with Crippen LogP contribution in [0.15, 0.2) is 48.8 Å². The largest absolute Gasteiger partial charge is 0.350 e. The summed E-state index contributed by atoms with van der Waals surface area (Å²) in [7, 11) is 4.03. The zero-order valence-electron chi connectivity index (χ0n) is 13.1. The molecule has 0 aliphatic rings. The van der Waals surface area contributed by atoms with Crippen molar-refractivity contribution < 1.29 is 4.79 Å². The summed E-state index contributed by atoms with van der Waals surface area (Å²) >= 11 is 0. The van der Waals surface area contributed by atoms with E-state index >= 15 is 0 Å². The van der Waals surface area contributed by atoms with E-state index < -0.39 is 0 Å². The second-order valence-electron chi connectivity index (χ2n) is 6.03. The lowest BCUT2D eigenvalue weighted by Crippen LogP contribution is -2.48. The molecule has 0 aliphatic heterocycles. The van der Waals surface area contributed by atoms with Crippen LogP contribution >= 0.6 is 0 Å². The molecular formula is C17H23N3O. The monoisotopic (exact) mass is 285 g/mol. The van der Waals surface area contributed by atoms with Gasteiger partial charge in [0.1, 0.15) is 0 Å². The second kappa shape index (κ2) is 6.14. The van der Waals surface area contributed by atoms with Crippen molar-refractivity contribution in [2.45, 2.75) is 19.4 Å². The molecular weight excluding hydrogens is 262 g/mol. The van der Waals surface area contributed by atoms with E-state index in [1.807, 2.05) is 67.5 Å². The molecule has 4 heteroatoms. The molecule has 1 aromatic carbocycles. The van der Waals surface area contributed by atoms with Gasteiger partial charge in [-0.2, -0.15) is 0 Å². The molecule has 0 saturated carbocycles. The van der Waals surface area contributed by atoms with Gasteiger partial charge in [-0.25, -0.2) is 0 Å². The van der Waals surface area contributed by atoms with Crippen LogP contribution in [0.4, 0.5) is 0 Å².